The van der Waals surface area contributed by atoms with Crippen LogP contribution in [0.2, 0.25) is 0 Å². The van der Waals surface area contributed by atoms with Gasteiger partial charge in [0.2, 0.25) is 0 Å². The molecule has 0 aliphatic rings. The summed E-state index contributed by atoms with van der Waals surface area (Å²) in [6.07, 6.45) is 1.58. The van der Waals surface area contributed by atoms with Gasteiger partial charge in [-0.05, 0) is 19.1 Å². The van der Waals surface area contributed by atoms with Gasteiger partial charge in [0.15, 0.2) is 5.76 Å². The number of hydrogen-bond acceptors (Lipinski definition) is 7. The van der Waals surface area contributed by atoms with Gasteiger partial charge in [0.25, 0.3) is 11.1 Å². The van der Waals surface area contributed by atoms with Gasteiger partial charge in [-0.15, -0.1) is 21.5 Å². The SMILES string of the molecule is Cc1ccc(-c2nc(CSc3nnc(-c4ccco4)o3)cs2)cc1. The highest BCUT2D eigenvalue weighted by atomic mass is 32.2. The second-order valence-corrected chi connectivity index (χ2v) is 6.93. The van der Waals surface area contributed by atoms with Crippen molar-refractivity contribution in [3.05, 3.63) is 59.3 Å². The smallest absolute Gasteiger partial charge is 0.284 e. The lowest BCUT2D eigenvalue weighted by molar-refractivity contribution is 0.447. The number of thioether (sulfide) groups is 1. The van der Waals surface area contributed by atoms with Gasteiger partial charge in [-0.1, -0.05) is 41.6 Å². The number of hydrogen-bond donors (Lipinski definition) is 0. The number of benzene rings is 1. The van der Waals surface area contributed by atoms with Gasteiger partial charge in [-0.25, -0.2) is 4.98 Å². The van der Waals surface area contributed by atoms with E-state index in [0.29, 0.717) is 22.6 Å². The first-order chi connectivity index (χ1) is 11.8. The minimum Gasteiger partial charge on any atom is -0.459 e. The lowest BCUT2D eigenvalue weighted by atomic mass is 10.2. The molecular formula is C17H13N3O2S2. The van der Waals surface area contributed by atoms with Crippen LogP contribution in [-0.4, -0.2) is 15.2 Å². The van der Waals surface area contributed by atoms with E-state index in [-0.39, 0.29) is 0 Å². The third-order valence-electron chi connectivity index (χ3n) is 3.33. The Bertz CT molecular complexity index is 927. The quantitative estimate of drug-likeness (QED) is 0.467. The molecule has 0 amide bonds. The molecule has 4 rings (SSSR count). The largest absolute Gasteiger partial charge is 0.459 e. The Kier molecular flexibility index (Phi) is 4.18. The standard InChI is InChI=1S/C17H13N3O2S2/c1-11-4-6-12(7-5-11)16-18-13(9-23-16)10-24-17-20-19-15(22-17)14-3-2-8-21-14/h2-9H,10H2,1H3. The van der Waals surface area contributed by atoms with Crippen LogP contribution >= 0.6 is 23.1 Å². The molecule has 3 heterocycles. The minimum absolute atomic E-state index is 0.390. The van der Waals surface area contributed by atoms with Crippen LogP contribution in [0.4, 0.5) is 0 Å². The summed E-state index contributed by atoms with van der Waals surface area (Å²) in [5.41, 5.74) is 3.38. The van der Waals surface area contributed by atoms with Gasteiger partial charge < -0.3 is 8.83 Å². The zero-order chi connectivity index (χ0) is 16.4. The second kappa shape index (κ2) is 6.62. The molecule has 0 atom stereocenters. The predicted octanol–water partition coefficient (Wildman–Crippen LogP) is 5.05. The van der Waals surface area contributed by atoms with Gasteiger partial charge in [-0.3, -0.25) is 0 Å². The topological polar surface area (TPSA) is 65.0 Å². The lowest BCUT2D eigenvalue weighted by Gasteiger charge is -1.96. The van der Waals surface area contributed by atoms with E-state index in [1.807, 2.05) is 0 Å². The molecular weight excluding hydrogens is 342 g/mol. The average molecular weight is 355 g/mol. The zero-order valence-electron chi connectivity index (χ0n) is 12.8. The molecule has 7 heteroatoms. The number of aryl methyl sites for hydroxylation is 1. The maximum atomic E-state index is 5.58. The highest BCUT2D eigenvalue weighted by Gasteiger charge is 2.12. The Balaban J connectivity index is 1.42. The Hall–Kier alpha value is -2.38. The molecule has 0 aliphatic heterocycles. The first-order valence-electron chi connectivity index (χ1n) is 7.29. The number of aromatic nitrogens is 3. The lowest BCUT2D eigenvalue weighted by Crippen LogP contribution is -1.82. The van der Waals surface area contributed by atoms with Crippen molar-refractivity contribution < 1.29 is 8.83 Å². The van der Waals surface area contributed by atoms with Crippen molar-refractivity contribution in [2.24, 2.45) is 0 Å². The molecule has 0 fully saturated rings. The van der Waals surface area contributed by atoms with Crippen LogP contribution in [0.3, 0.4) is 0 Å². The Morgan fingerprint density at radius 1 is 1.12 bits per heavy atom. The van der Waals surface area contributed by atoms with Gasteiger partial charge in [0.1, 0.15) is 5.01 Å². The summed E-state index contributed by atoms with van der Waals surface area (Å²) in [5, 5.41) is 11.6. The highest BCUT2D eigenvalue weighted by molar-refractivity contribution is 7.98. The van der Waals surface area contributed by atoms with E-state index in [1.165, 1.54) is 17.3 Å². The first-order valence-corrected chi connectivity index (χ1v) is 9.16. The van der Waals surface area contributed by atoms with Crippen molar-refractivity contribution in [1.29, 1.82) is 0 Å². The zero-order valence-corrected chi connectivity index (χ0v) is 14.4. The van der Waals surface area contributed by atoms with Gasteiger partial charge >= 0.3 is 0 Å². The van der Waals surface area contributed by atoms with Crippen LogP contribution in [0, 0.1) is 6.92 Å². The maximum absolute atomic E-state index is 5.58. The number of nitrogens with zero attached hydrogens (tertiary/aromatic N) is 3. The van der Waals surface area contributed by atoms with E-state index in [1.54, 1.807) is 29.7 Å². The molecule has 24 heavy (non-hydrogen) atoms. The van der Waals surface area contributed by atoms with Gasteiger partial charge in [-0.2, -0.15) is 0 Å². The van der Waals surface area contributed by atoms with E-state index in [2.05, 4.69) is 51.8 Å². The van der Waals surface area contributed by atoms with Crippen LogP contribution in [0.5, 0.6) is 0 Å². The van der Waals surface area contributed by atoms with Crippen molar-refractivity contribution in [2.45, 2.75) is 17.9 Å². The summed E-state index contributed by atoms with van der Waals surface area (Å²) in [4.78, 5) is 4.67. The summed E-state index contributed by atoms with van der Waals surface area (Å²) in [6, 6.07) is 12.0. The highest BCUT2D eigenvalue weighted by Crippen LogP contribution is 2.29. The summed E-state index contributed by atoms with van der Waals surface area (Å²) in [6.45, 7) is 2.08. The Morgan fingerprint density at radius 3 is 2.79 bits per heavy atom. The molecule has 0 N–H and O–H groups in total. The number of rotatable bonds is 5. The van der Waals surface area contributed by atoms with Gasteiger partial charge in [0.05, 0.1) is 12.0 Å². The third kappa shape index (κ3) is 3.27. The fourth-order valence-electron chi connectivity index (χ4n) is 2.11. The molecule has 4 aromatic rings. The average Bonchev–Trinajstić information content (AvgIpc) is 3.34. The number of furan rings is 1. The van der Waals surface area contributed by atoms with E-state index >= 15 is 0 Å². The molecule has 5 nitrogen and oxygen atoms in total. The third-order valence-corrected chi connectivity index (χ3v) is 5.12. The van der Waals surface area contributed by atoms with Crippen molar-refractivity contribution in [3.8, 4) is 22.2 Å². The fraction of sp³-hybridized carbons (Fsp3) is 0.118. The van der Waals surface area contributed by atoms with E-state index in [0.717, 1.165) is 16.3 Å². The molecule has 0 aliphatic carbocycles. The maximum Gasteiger partial charge on any atom is 0.284 e. The molecule has 3 aromatic heterocycles. The fourth-order valence-corrected chi connectivity index (χ4v) is 3.69. The van der Waals surface area contributed by atoms with Crippen molar-refractivity contribution in [1.82, 2.24) is 15.2 Å². The molecule has 0 saturated heterocycles. The minimum atomic E-state index is 0.390. The monoisotopic (exact) mass is 355 g/mol. The summed E-state index contributed by atoms with van der Waals surface area (Å²) in [5.74, 6) is 1.65. The molecule has 1 aromatic carbocycles. The molecule has 0 radical (unpaired) electrons. The summed E-state index contributed by atoms with van der Waals surface area (Å²) < 4.78 is 10.8. The first kappa shape index (κ1) is 15.2. The molecule has 0 unspecified atom stereocenters. The summed E-state index contributed by atoms with van der Waals surface area (Å²) in [7, 11) is 0. The van der Waals surface area contributed by atoms with E-state index in [4.69, 9.17) is 8.83 Å². The normalized spacial score (nSPS) is 11.0. The molecule has 0 spiro atoms. The van der Waals surface area contributed by atoms with Crippen LogP contribution in [0.15, 0.2) is 62.1 Å². The van der Waals surface area contributed by atoms with Crippen molar-refractivity contribution in [3.63, 3.8) is 0 Å². The van der Waals surface area contributed by atoms with Gasteiger partial charge in [0, 0.05) is 16.7 Å². The van der Waals surface area contributed by atoms with Crippen LogP contribution < -0.4 is 0 Å². The Labute approximate surface area is 146 Å². The van der Waals surface area contributed by atoms with Crippen LogP contribution in [-0.2, 0) is 5.75 Å². The van der Waals surface area contributed by atoms with E-state index < -0.39 is 0 Å². The molecule has 0 saturated carbocycles. The number of thiazole rings is 1. The molecule has 0 bridgehead atoms. The van der Waals surface area contributed by atoms with Crippen LogP contribution in [0.1, 0.15) is 11.3 Å². The predicted molar refractivity (Wildman–Crippen MR) is 93.8 cm³/mol. The Morgan fingerprint density at radius 2 is 2.00 bits per heavy atom. The van der Waals surface area contributed by atoms with Crippen LogP contribution in [0.25, 0.3) is 22.2 Å². The second-order valence-electron chi connectivity index (χ2n) is 5.15. The van der Waals surface area contributed by atoms with Crippen molar-refractivity contribution in [2.75, 3.05) is 0 Å². The van der Waals surface area contributed by atoms with Crippen molar-refractivity contribution >= 4 is 23.1 Å². The molecule has 120 valence electrons. The summed E-state index contributed by atoms with van der Waals surface area (Å²) >= 11 is 3.11. The van der Waals surface area contributed by atoms with E-state index in [9.17, 15) is 0 Å².